The average Bonchev–Trinajstić information content (AvgIpc) is 2.58. The molecular weight excluding hydrogens is 292 g/mol. The predicted molar refractivity (Wildman–Crippen MR) is 91.4 cm³/mol. The molecule has 0 saturated heterocycles. The molecule has 1 rings (SSSR count). The summed E-state index contributed by atoms with van der Waals surface area (Å²) in [4.78, 5) is 11.6. The van der Waals surface area contributed by atoms with Crippen LogP contribution in [0.5, 0.6) is 0 Å². The van der Waals surface area contributed by atoms with Gasteiger partial charge in [0.2, 0.25) is 5.76 Å². The quantitative estimate of drug-likeness (QED) is 0.280. The molecular formula is C19H30O4. The third-order valence-corrected chi connectivity index (χ3v) is 4.44. The number of rotatable bonds is 8. The van der Waals surface area contributed by atoms with Crippen molar-refractivity contribution in [1.82, 2.24) is 0 Å². The monoisotopic (exact) mass is 322 g/mol. The molecule has 4 nitrogen and oxygen atoms in total. The van der Waals surface area contributed by atoms with Gasteiger partial charge in [-0.2, -0.15) is 0 Å². The normalized spacial score (nSPS) is 18.3. The zero-order valence-electron chi connectivity index (χ0n) is 14.9. The lowest BCUT2D eigenvalue weighted by molar-refractivity contribution is -0.139. The molecule has 1 fully saturated rings. The van der Waals surface area contributed by atoms with Crippen LogP contribution in [-0.4, -0.2) is 20.2 Å². The molecule has 23 heavy (non-hydrogen) atoms. The van der Waals surface area contributed by atoms with Crippen molar-refractivity contribution >= 4 is 5.97 Å². The van der Waals surface area contributed by atoms with Gasteiger partial charge in [-0.05, 0) is 32.1 Å². The van der Waals surface area contributed by atoms with Gasteiger partial charge in [0.05, 0.1) is 14.2 Å². The van der Waals surface area contributed by atoms with Crippen molar-refractivity contribution in [1.29, 1.82) is 0 Å². The number of ether oxygens (including phenoxy) is 3. The maximum Gasteiger partial charge on any atom is 0.377 e. The van der Waals surface area contributed by atoms with Crippen LogP contribution in [0.2, 0.25) is 0 Å². The van der Waals surface area contributed by atoms with E-state index in [2.05, 4.69) is 24.3 Å². The van der Waals surface area contributed by atoms with Crippen LogP contribution in [0.4, 0.5) is 0 Å². The van der Waals surface area contributed by atoms with Crippen molar-refractivity contribution in [2.24, 2.45) is 11.8 Å². The molecule has 1 aliphatic carbocycles. The highest BCUT2D eigenvalue weighted by Crippen LogP contribution is 2.30. The third-order valence-electron chi connectivity index (χ3n) is 4.44. The van der Waals surface area contributed by atoms with Gasteiger partial charge in [-0.15, -0.1) is 0 Å². The second kappa shape index (κ2) is 10.1. The molecule has 0 bridgehead atoms. The van der Waals surface area contributed by atoms with Crippen LogP contribution in [-0.2, 0) is 19.0 Å². The Bertz CT molecular complexity index is 456. The van der Waals surface area contributed by atoms with Crippen molar-refractivity contribution in [2.45, 2.75) is 52.4 Å². The van der Waals surface area contributed by atoms with Gasteiger partial charge >= 0.3 is 5.97 Å². The smallest absolute Gasteiger partial charge is 0.377 e. The Hall–Kier alpha value is -1.71. The molecule has 0 spiro atoms. The maximum atomic E-state index is 11.6. The molecule has 0 heterocycles. The van der Waals surface area contributed by atoms with Crippen molar-refractivity contribution in [3.8, 4) is 0 Å². The zero-order valence-corrected chi connectivity index (χ0v) is 14.9. The highest BCUT2D eigenvalue weighted by atomic mass is 16.6. The summed E-state index contributed by atoms with van der Waals surface area (Å²) in [6.45, 7) is 8.18. The fourth-order valence-corrected chi connectivity index (χ4v) is 2.78. The summed E-state index contributed by atoms with van der Waals surface area (Å²) >= 11 is 0. The van der Waals surface area contributed by atoms with Crippen LogP contribution in [0, 0.1) is 11.8 Å². The summed E-state index contributed by atoms with van der Waals surface area (Å²) < 4.78 is 15.0. The number of methoxy groups -OCH3 is 2. The van der Waals surface area contributed by atoms with E-state index in [-0.39, 0.29) is 11.7 Å². The molecule has 4 heteroatoms. The zero-order chi connectivity index (χ0) is 17.2. The molecule has 0 aromatic rings. The first-order chi connectivity index (χ1) is 11.0. The molecule has 1 aliphatic rings. The summed E-state index contributed by atoms with van der Waals surface area (Å²) in [6, 6.07) is 0. The number of hydrogen-bond donors (Lipinski definition) is 0. The largest absolute Gasteiger partial charge is 0.500 e. The number of hydrogen-bond acceptors (Lipinski definition) is 4. The minimum absolute atomic E-state index is 0.0137. The van der Waals surface area contributed by atoms with Crippen LogP contribution < -0.4 is 0 Å². The lowest BCUT2D eigenvalue weighted by Crippen LogP contribution is -2.12. The van der Waals surface area contributed by atoms with E-state index in [0.29, 0.717) is 5.76 Å². The van der Waals surface area contributed by atoms with Crippen molar-refractivity contribution in [3.05, 3.63) is 36.0 Å². The Labute approximate surface area is 140 Å². The maximum absolute atomic E-state index is 11.6. The molecule has 0 amide bonds. The number of allylic oxidation sites excluding steroid dienone is 3. The van der Waals surface area contributed by atoms with E-state index in [1.807, 2.05) is 6.92 Å². The Morgan fingerprint density at radius 2 is 1.91 bits per heavy atom. The van der Waals surface area contributed by atoms with Crippen LogP contribution in [0.1, 0.15) is 52.4 Å². The minimum atomic E-state index is -0.575. The highest BCUT2D eigenvalue weighted by molar-refractivity contribution is 5.86. The number of esters is 1. The van der Waals surface area contributed by atoms with Gasteiger partial charge in [-0.25, -0.2) is 4.79 Å². The van der Waals surface area contributed by atoms with Gasteiger partial charge in [0.15, 0.2) is 0 Å². The van der Waals surface area contributed by atoms with Crippen LogP contribution in [0.15, 0.2) is 36.0 Å². The number of carbonyl (C=O) groups is 1. The first-order valence-corrected chi connectivity index (χ1v) is 8.34. The lowest BCUT2D eigenvalue weighted by Gasteiger charge is -2.23. The topological polar surface area (TPSA) is 44.8 Å². The molecule has 0 aromatic heterocycles. The van der Waals surface area contributed by atoms with Gasteiger partial charge in [0.1, 0.15) is 12.0 Å². The fraction of sp³-hybridized carbons (Fsp3) is 0.632. The van der Waals surface area contributed by atoms with Crippen LogP contribution in [0.25, 0.3) is 0 Å². The van der Waals surface area contributed by atoms with E-state index in [1.165, 1.54) is 58.2 Å². The van der Waals surface area contributed by atoms with Gasteiger partial charge in [0, 0.05) is 5.92 Å². The summed E-state index contributed by atoms with van der Waals surface area (Å²) in [7, 11) is 2.76. The fourth-order valence-electron chi connectivity index (χ4n) is 2.78. The van der Waals surface area contributed by atoms with Gasteiger partial charge in [0.25, 0.3) is 0 Å². The first kappa shape index (κ1) is 19.3. The van der Waals surface area contributed by atoms with E-state index >= 15 is 0 Å². The van der Waals surface area contributed by atoms with Crippen LogP contribution >= 0.6 is 0 Å². The summed E-state index contributed by atoms with van der Waals surface area (Å²) in [5, 5.41) is 0. The first-order valence-electron chi connectivity index (χ1n) is 8.34. The van der Waals surface area contributed by atoms with E-state index < -0.39 is 5.97 Å². The van der Waals surface area contributed by atoms with Gasteiger partial charge < -0.3 is 14.2 Å². The second-order valence-corrected chi connectivity index (χ2v) is 6.20. The minimum Gasteiger partial charge on any atom is -0.500 e. The Morgan fingerprint density at radius 1 is 1.26 bits per heavy atom. The van der Waals surface area contributed by atoms with E-state index in [4.69, 9.17) is 9.47 Å². The number of carbonyl (C=O) groups excluding carboxylic acids is 1. The third kappa shape index (κ3) is 6.51. The lowest BCUT2D eigenvalue weighted by atomic mass is 9.83. The molecule has 0 N–H and O–H groups in total. The predicted octanol–water partition coefficient (Wildman–Crippen LogP) is 4.73. The summed E-state index contributed by atoms with van der Waals surface area (Å²) in [6.07, 6.45) is 11.0. The van der Waals surface area contributed by atoms with Crippen molar-refractivity contribution in [3.63, 3.8) is 0 Å². The standard InChI is InChI=1S/C19H30O4/c1-14(11-12-15(2)17-9-7-6-8-10-17)16(3)23-18(13-21-4)19(20)22-5/h12-14,17H,3,6-11H2,1-2,4-5H3/b15-12+,18-13-. The van der Waals surface area contributed by atoms with Gasteiger partial charge in [-0.1, -0.05) is 44.4 Å². The molecule has 130 valence electrons. The van der Waals surface area contributed by atoms with E-state index in [9.17, 15) is 4.79 Å². The molecule has 1 atom stereocenters. The highest BCUT2D eigenvalue weighted by Gasteiger charge is 2.18. The van der Waals surface area contributed by atoms with E-state index in [0.717, 1.165) is 12.3 Å². The molecule has 0 radical (unpaired) electrons. The van der Waals surface area contributed by atoms with Crippen LogP contribution in [0.3, 0.4) is 0 Å². The SMILES string of the molecule is C=C(O/C(=C\OC)C(=O)OC)C(C)C/C=C(\C)C1CCCCC1. The van der Waals surface area contributed by atoms with Gasteiger partial charge in [-0.3, -0.25) is 0 Å². The van der Waals surface area contributed by atoms with Crippen molar-refractivity contribution in [2.75, 3.05) is 14.2 Å². The van der Waals surface area contributed by atoms with Crippen molar-refractivity contribution < 1.29 is 19.0 Å². The molecule has 0 aromatic carbocycles. The molecule has 1 unspecified atom stereocenters. The average molecular weight is 322 g/mol. The summed E-state index contributed by atoms with van der Waals surface area (Å²) in [5.74, 6) is 0.808. The molecule has 0 aliphatic heterocycles. The Balaban J connectivity index is 2.55. The Kier molecular flexibility index (Phi) is 8.52. The van der Waals surface area contributed by atoms with E-state index in [1.54, 1.807) is 0 Å². The second-order valence-electron chi connectivity index (χ2n) is 6.20. The summed E-state index contributed by atoms with van der Waals surface area (Å²) in [5.41, 5.74) is 1.46. The molecule has 1 saturated carbocycles. The Morgan fingerprint density at radius 3 is 2.48 bits per heavy atom.